The SMILES string of the molecule is CCCOc1c(Br)cc(C2C3=C(CC(C)(C)CC3=O)N(CCCOC)C3=C2C(=O)CC(C)(C)C3)cc1OC. The minimum Gasteiger partial charge on any atom is -0.493 e. The molecule has 0 bridgehead atoms. The maximum Gasteiger partial charge on any atom is 0.175 e. The number of ketones is 2. The quantitative estimate of drug-likeness (QED) is 0.291. The van der Waals surface area contributed by atoms with Crippen molar-refractivity contribution in [2.24, 2.45) is 10.8 Å². The van der Waals surface area contributed by atoms with E-state index in [1.807, 2.05) is 12.1 Å². The molecule has 3 aliphatic rings. The molecule has 208 valence electrons. The molecule has 0 radical (unpaired) electrons. The third-order valence-electron chi connectivity index (χ3n) is 7.79. The van der Waals surface area contributed by atoms with Crippen LogP contribution in [-0.2, 0) is 14.3 Å². The van der Waals surface area contributed by atoms with Crippen molar-refractivity contribution < 1.29 is 23.8 Å². The molecule has 0 atom stereocenters. The van der Waals surface area contributed by atoms with Crippen LogP contribution in [-0.4, -0.2) is 50.4 Å². The zero-order valence-corrected chi connectivity index (χ0v) is 25.5. The van der Waals surface area contributed by atoms with Crippen LogP contribution >= 0.6 is 15.9 Å². The number of ether oxygens (including phenoxy) is 3. The normalized spacial score (nSPS) is 21.0. The Morgan fingerprint density at radius 2 is 1.50 bits per heavy atom. The van der Waals surface area contributed by atoms with Crippen molar-refractivity contribution in [3.8, 4) is 11.5 Å². The summed E-state index contributed by atoms with van der Waals surface area (Å²) in [6.45, 7) is 12.6. The fourth-order valence-electron chi connectivity index (χ4n) is 6.27. The number of halogens is 1. The van der Waals surface area contributed by atoms with Crippen LogP contribution in [0.2, 0.25) is 0 Å². The summed E-state index contributed by atoms with van der Waals surface area (Å²) in [7, 11) is 3.34. The fourth-order valence-corrected chi connectivity index (χ4v) is 6.84. The van der Waals surface area contributed by atoms with Crippen LogP contribution in [0.25, 0.3) is 0 Å². The number of rotatable bonds is 9. The fraction of sp³-hybridized carbons (Fsp3) is 0.613. The lowest BCUT2D eigenvalue weighted by Gasteiger charge is -2.49. The highest BCUT2D eigenvalue weighted by Crippen LogP contribution is 2.55. The van der Waals surface area contributed by atoms with E-state index >= 15 is 0 Å². The van der Waals surface area contributed by atoms with Gasteiger partial charge in [-0.1, -0.05) is 34.6 Å². The van der Waals surface area contributed by atoms with E-state index in [9.17, 15) is 9.59 Å². The number of allylic oxidation sites excluding steroid dienone is 4. The van der Waals surface area contributed by atoms with E-state index in [0.29, 0.717) is 37.6 Å². The van der Waals surface area contributed by atoms with Crippen molar-refractivity contribution in [2.45, 2.75) is 79.1 Å². The van der Waals surface area contributed by atoms with Gasteiger partial charge in [0.2, 0.25) is 0 Å². The van der Waals surface area contributed by atoms with Gasteiger partial charge in [-0.3, -0.25) is 9.59 Å². The molecule has 0 fully saturated rings. The van der Waals surface area contributed by atoms with Gasteiger partial charge >= 0.3 is 0 Å². The molecule has 38 heavy (non-hydrogen) atoms. The second-order valence-electron chi connectivity index (χ2n) is 12.4. The molecule has 0 aromatic heterocycles. The number of hydrogen-bond donors (Lipinski definition) is 0. The lowest BCUT2D eigenvalue weighted by Crippen LogP contribution is -2.44. The molecule has 7 heteroatoms. The largest absolute Gasteiger partial charge is 0.493 e. The number of carbonyl (C=O) groups is 2. The first kappa shape index (κ1) is 28.9. The summed E-state index contributed by atoms with van der Waals surface area (Å²) >= 11 is 3.70. The van der Waals surface area contributed by atoms with Gasteiger partial charge in [0.25, 0.3) is 0 Å². The van der Waals surface area contributed by atoms with Crippen molar-refractivity contribution in [1.29, 1.82) is 0 Å². The van der Waals surface area contributed by atoms with Crippen LogP contribution in [0, 0.1) is 10.8 Å². The van der Waals surface area contributed by atoms with Crippen molar-refractivity contribution in [2.75, 3.05) is 34.0 Å². The number of carbonyl (C=O) groups excluding carboxylic acids is 2. The Balaban J connectivity index is 1.96. The summed E-state index contributed by atoms with van der Waals surface area (Å²) in [6.07, 6.45) is 4.21. The van der Waals surface area contributed by atoms with Gasteiger partial charge in [0.1, 0.15) is 0 Å². The second-order valence-corrected chi connectivity index (χ2v) is 13.3. The van der Waals surface area contributed by atoms with Gasteiger partial charge in [0, 0.05) is 61.6 Å². The highest BCUT2D eigenvalue weighted by Gasteiger charge is 2.49. The molecule has 0 spiro atoms. The lowest BCUT2D eigenvalue weighted by molar-refractivity contribution is -0.119. The first-order valence-electron chi connectivity index (χ1n) is 13.7. The molecular formula is C31H42BrNO5. The molecule has 1 aromatic carbocycles. The van der Waals surface area contributed by atoms with Gasteiger partial charge < -0.3 is 19.1 Å². The molecule has 0 amide bonds. The van der Waals surface area contributed by atoms with Gasteiger partial charge in [0.05, 0.1) is 18.2 Å². The zero-order valence-electron chi connectivity index (χ0n) is 24.0. The summed E-state index contributed by atoms with van der Waals surface area (Å²) in [4.78, 5) is 30.2. The van der Waals surface area contributed by atoms with Crippen LogP contribution in [0.4, 0.5) is 0 Å². The van der Waals surface area contributed by atoms with E-state index in [4.69, 9.17) is 14.2 Å². The molecule has 0 saturated carbocycles. The lowest BCUT2D eigenvalue weighted by atomic mass is 9.63. The predicted molar refractivity (Wildman–Crippen MR) is 153 cm³/mol. The Kier molecular flexibility index (Phi) is 8.49. The van der Waals surface area contributed by atoms with Gasteiger partial charge in [-0.05, 0) is 70.1 Å². The maximum atomic E-state index is 13.9. The van der Waals surface area contributed by atoms with Crippen molar-refractivity contribution in [1.82, 2.24) is 4.90 Å². The zero-order chi connectivity index (χ0) is 27.8. The van der Waals surface area contributed by atoms with E-state index in [2.05, 4.69) is 55.4 Å². The Hall–Kier alpha value is -2.12. The molecule has 2 aliphatic carbocycles. The smallest absolute Gasteiger partial charge is 0.175 e. The molecule has 1 aromatic rings. The Bertz CT molecular complexity index is 1120. The molecular weight excluding hydrogens is 546 g/mol. The number of nitrogens with zero attached hydrogens (tertiary/aromatic N) is 1. The highest BCUT2D eigenvalue weighted by molar-refractivity contribution is 9.10. The number of methoxy groups -OCH3 is 2. The molecule has 4 rings (SSSR count). The van der Waals surface area contributed by atoms with Crippen LogP contribution in [0.5, 0.6) is 11.5 Å². The molecule has 1 aliphatic heterocycles. The van der Waals surface area contributed by atoms with Gasteiger partial charge in [-0.15, -0.1) is 0 Å². The highest BCUT2D eigenvalue weighted by atomic mass is 79.9. The standard InChI is InChI=1S/C31H42BrNO5/c1-8-11-38-29-20(32)13-19(14-25(29)37-7)26-27-21(15-30(2,3)17-23(27)34)33(10-9-12-36-6)22-16-31(4,5)18-24(35)28(22)26/h13-14,26H,8-12,15-18H2,1-7H3. The Labute approximate surface area is 235 Å². The van der Waals surface area contributed by atoms with Gasteiger partial charge in [-0.2, -0.15) is 0 Å². The summed E-state index contributed by atoms with van der Waals surface area (Å²) < 4.78 is 17.9. The molecule has 6 nitrogen and oxygen atoms in total. The molecule has 0 unspecified atom stereocenters. The van der Waals surface area contributed by atoms with Crippen LogP contribution < -0.4 is 9.47 Å². The van der Waals surface area contributed by atoms with Crippen molar-refractivity contribution >= 4 is 27.5 Å². The molecule has 0 N–H and O–H groups in total. The first-order valence-corrected chi connectivity index (χ1v) is 14.5. The van der Waals surface area contributed by atoms with Gasteiger partial charge in [-0.25, -0.2) is 0 Å². The third kappa shape index (κ3) is 5.60. The van der Waals surface area contributed by atoms with Gasteiger partial charge in [0.15, 0.2) is 23.1 Å². The summed E-state index contributed by atoms with van der Waals surface area (Å²) in [5.74, 6) is 1.08. The van der Waals surface area contributed by atoms with E-state index in [0.717, 1.165) is 64.8 Å². The van der Waals surface area contributed by atoms with E-state index in [1.165, 1.54) is 0 Å². The Morgan fingerprint density at radius 3 is 2.00 bits per heavy atom. The minimum atomic E-state index is -0.420. The monoisotopic (exact) mass is 587 g/mol. The average Bonchev–Trinajstić information content (AvgIpc) is 2.81. The summed E-state index contributed by atoms with van der Waals surface area (Å²) in [5, 5.41) is 0. The third-order valence-corrected chi connectivity index (χ3v) is 8.38. The van der Waals surface area contributed by atoms with E-state index < -0.39 is 5.92 Å². The molecule has 1 heterocycles. The number of benzene rings is 1. The van der Waals surface area contributed by atoms with Crippen molar-refractivity contribution in [3.63, 3.8) is 0 Å². The molecule has 0 saturated heterocycles. The second kappa shape index (κ2) is 11.2. The maximum absolute atomic E-state index is 13.9. The average molecular weight is 589 g/mol. The summed E-state index contributed by atoms with van der Waals surface area (Å²) in [6, 6.07) is 3.96. The number of Topliss-reactive ketones (excluding diaryl/α,β-unsaturated/α-hetero) is 2. The van der Waals surface area contributed by atoms with Crippen molar-refractivity contribution in [3.05, 3.63) is 44.7 Å². The van der Waals surface area contributed by atoms with Crippen LogP contribution in [0.1, 0.15) is 84.6 Å². The minimum absolute atomic E-state index is 0.128. The first-order chi connectivity index (χ1) is 17.9. The topological polar surface area (TPSA) is 65.1 Å². The van der Waals surface area contributed by atoms with E-state index in [1.54, 1.807) is 14.2 Å². The number of hydrogen-bond acceptors (Lipinski definition) is 6. The van der Waals surface area contributed by atoms with E-state index in [-0.39, 0.29) is 22.4 Å². The van der Waals surface area contributed by atoms with Crippen LogP contribution in [0.3, 0.4) is 0 Å². The van der Waals surface area contributed by atoms with Crippen LogP contribution in [0.15, 0.2) is 39.1 Å². The summed E-state index contributed by atoms with van der Waals surface area (Å²) in [5.41, 5.74) is 4.26. The Morgan fingerprint density at radius 1 is 0.921 bits per heavy atom. The predicted octanol–water partition coefficient (Wildman–Crippen LogP) is 6.97.